The molecule has 2 aromatic rings. The van der Waals surface area contributed by atoms with Gasteiger partial charge in [0.05, 0.1) is 0 Å². The summed E-state index contributed by atoms with van der Waals surface area (Å²) < 4.78 is 4.64. The van der Waals surface area contributed by atoms with E-state index in [1.54, 1.807) is 18.3 Å². The van der Waals surface area contributed by atoms with Gasteiger partial charge in [0.15, 0.2) is 5.82 Å². The summed E-state index contributed by atoms with van der Waals surface area (Å²) >= 11 is 0. The molecule has 0 fully saturated rings. The van der Waals surface area contributed by atoms with Crippen molar-refractivity contribution >= 4 is 11.6 Å². The fraction of sp³-hybridized carbons (Fsp3) is 0.333. The zero-order chi connectivity index (χ0) is 13.5. The molecule has 2 rings (SSSR count). The number of hydrogen-bond donors (Lipinski definition) is 2. The van der Waals surface area contributed by atoms with Gasteiger partial charge in [0.1, 0.15) is 5.69 Å². The SMILES string of the molecule is CCNC(=O)c1cc(NCCc2ncon2)ccn1. The lowest BCUT2D eigenvalue weighted by molar-refractivity contribution is 0.0951. The van der Waals surface area contributed by atoms with Gasteiger partial charge in [0.25, 0.3) is 5.91 Å². The highest BCUT2D eigenvalue weighted by Gasteiger charge is 2.06. The second-order valence-electron chi connectivity index (χ2n) is 3.81. The van der Waals surface area contributed by atoms with Crippen molar-refractivity contribution in [1.29, 1.82) is 0 Å². The number of anilines is 1. The maximum atomic E-state index is 11.6. The molecule has 0 saturated heterocycles. The Morgan fingerprint density at radius 3 is 3.05 bits per heavy atom. The lowest BCUT2D eigenvalue weighted by atomic mass is 10.3. The van der Waals surface area contributed by atoms with Crippen LogP contribution in [0.25, 0.3) is 0 Å². The predicted molar refractivity (Wildman–Crippen MR) is 68.7 cm³/mol. The zero-order valence-corrected chi connectivity index (χ0v) is 10.6. The minimum Gasteiger partial charge on any atom is -0.384 e. The third-order valence-corrected chi connectivity index (χ3v) is 2.41. The molecule has 2 aromatic heterocycles. The topological polar surface area (TPSA) is 92.9 Å². The molecule has 2 heterocycles. The molecule has 0 aliphatic heterocycles. The van der Waals surface area contributed by atoms with Crippen LogP contribution in [0.1, 0.15) is 23.2 Å². The van der Waals surface area contributed by atoms with Gasteiger partial charge in [-0.3, -0.25) is 9.78 Å². The Hall–Kier alpha value is -2.44. The van der Waals surface area contributed by atoms with Crippen LogP contribution in [0.2, 0.25) is 0 Å². The minimum absolute atomic E-state index is 0.177. The van der Waals surface area contributed by atoms with Gasteiger partial charge < -0.3 is 15.2 Å². The summed E-state index contributed by atoms with van der Waals surface area (Å²) in [5, 5.41) is 9.60. The third-order valence-electron chi connectivity index (χ3n) is 2.41. The van der Waals surface area contributed by atoms with Crippen LogP contribution in [-0.2, 0) is 6.42 Å². The number of pyridine rings is 1. The van der Waals surface area contributed by atoms with E-state index >= 15 is 0 Å². The molecule has 100 valence electrons. The second-order valence-corrected chi connectivity index (χ2v) is 3.81. The molecule has 0 bridgehead atoms. The van der Waals surface area contributed by atoms with E-state index in [9.17, 15) is 4.79 Å². The molecule has 2 N–H and O–H groups in total. The Balaban J connectivity index is 1.90. The van der Waals surface area contributed by atoms with Crippen molar-refractivity contribution in [2.45, 2.75) is 13.3 Å². The summed E-state index contributed by atoms with van der Waals surface area (Å²) in [6.45, 7) is 3.10. The molecule has 0 radical (unpaired) electrons. The van der Waals surface area contributed by atoms with Gasteiger partial charge in [0.2, 0.25) is 6.39 Å². The van der Waals surface area contributed by atoms with Gasteiger partial charge in [-0.25, -0.2) is 0 Å². The second kappa shape index (κ2) is 6.48. The van der Waals surface area contributed by atoms with Crippen molar-refractivity contribution in [3.05, 3.63) is 36.2 Å². The summed E-state index contributed by atoms with van der Waals surface area (Å²) in [4.78, 5) is 19.6. The molecule has 0 unspecified atom stereocenters. The molecule has 7 heteroatoms. The average Bonchev–Trinajstić information content (AvgIpc) is 2.93. The number of hydrogen-bond acceptors (Lipinski definition) is 6. The van der Waals surface area contributed by atoms with Crippen LogP contribution in [-0.4, -0.2) is 34.1 Å². The maximum absolute atomic E-state index is 11.6. The largest absolute Gasteiger partial charge is 0.384 e. The van der Waals surface area contributed by atoms with Crippen molar-refractivity contribution in [3.63, 3.8) is 0 Å². The minimum atomic E-state index is -0.177. The van der Waals surface area contributed by atoms with Crippen molar-refractivity contribution in [3.8, 4) is 0 Å². The monoisotopic (exact) mass is 261 g/mol. The first kappa shape index (κ1) is 13.0. The molecule has 7 nitrogen and oxygen atoms in total. The number of aromatic nitrogens is 3. The Labute approximate surface area is 110 Å². The predicted octanol–water partition coefficient (Wildman–Crippen LogP) is 0.869. The lowest BCUT2D eigenvalue weighted by Crippen LogP contribution is -2.23. The number of rotatable bonds is 6. The first-order chi connectivity index (χ1) is 9.29. The molecule has 0 aromatic carbocycles. The van der Waals surface area contributed by atoms with Crippen LogP contribution < -0.4 is 10.6 Å². The molecule has 1 amide bonds. The Bertz CT molecular complexity index is 527. The van der Waals surface area contributed by atoms with Crippen molar-refractivity contribution in [2.24, 2.45) is 0 Å². The summed E-state index contributed by atoms with van der Waals surface area (Å²) in [5.74, 6) is 0.467. The highest BCUT2D eigenvalue weighted by Crippen LogP contribution is 2.08. The fourth-order valence-corrected chi connectivity index (χ4v) is 1.54. The smallest absolute Gasteiger partial charge is 0.269 e. The molecule has 0 atom stereocenters. The van der Waals surface area contributed by atoms with E-state index in [0.717, 1.165) is 5.69 Å². The van der Waals surface area contributed by atoms with Crippen molar-refractivity contribution in [2.75, 3.05) is 18.4 Å². The van der Waals surface area contributed by atoms with Crippen molar-refractivity contribution in [1.82, 2.24) is 20.4 Å². The lowest BCUT2D eigenvalue weighted by Gasteiger charge is -2.06. The Kier molecular flexibility index (Phi) is 4.44. The van der Waals surface area contributed by atoms with Gasteiger partial charge in [-0.2, -0.15) is 4.98 Å². The van der Waals surface area contributed by atoms with Crippen LogP contribution in [0.5, 0.6) is 0 Å². The summed E-state index contributed by atoms with van der Waals surface area (Å²) in [6.07, 6.45) is 3.55. The standard InChI is InChI=1S/C12H15N5O2/c1-2-13-12(18)10-7-9(3-5-15-10)14-6-4-11-16-8-19-17-11/h3,5,7-8H,2,4,6H2,1H3,(H,13,18)(H,14,15). The molecule has 0 aliphatic rings. The van der Waals surface area contributed by atoms with Crippen LogP contribution in [0.4, 0.5) is 5.69 Å². The van der Waals surface area contributed by atoms with Crippen LogP contribution in [0, 0.1) is 0 Å². The van der Waals surface area contributed by atoms with E-state index in [1.807, 2.05) is 6.92 Å². The average molecular weight is 261 g/mol. The zero-order valence-electron chi connectivity index (χ0n) is 10.6. The van der Waals surface area contributed by atoms with Crippen LogP contribution in [0.3, 0.4) is 0 Å². The molecule has 0 spiro atoms. The number of nitrogens with zero attached hydrogens (tertiary/aromatic N) is 3. The number of carbonyl (C=O) groups excluding carboxylic acids is 1. The molecular formula is C12H15N5O2. The molecule has 0 aliphatic carbocycles. The summed E-state index contributed by atoms with van der Waals surface area (Å²) in [7, 11) is 0. The van der Waals surface area contributed by atoms with Gasteiger partial charge in [-0.15, -0.1) is 0 Å². The van der Waals surface area contributed by atoms with Gasteiger partial charge >= 0.3 is 0 Å². The third kappa shape index (κ3) is 3.77. The summed E-state index contributed by atoms with van der Waals surface area (Å²) in [5.41, 5.74) is 1.23. The van der Waals surface area contributed by atoms with E-state index in [4.69, 9.17) is 0 Å². The first-order valence-corrected chi connectivity index (χ1v) is 6.03. The highest BCUT2D eigenvalue weighted by molar-refractivity contribution is 5.93. The first-order valence-electron chi connectivity index (χ1n) is 6.03. The normalized spacial score (nSPS) is 10.2. The van der Waals surface area contributed by atoms with E-state index in [1.165, 1.54) is 6.39 Å². The van der Waals surface area contributed by atoms with Crippen LogP contribution in [0.15, 0.2) is 29.2 Å². The molecule has 0 saturated carbocycles. The van der Waals surface area contributed by atoms with E-state index in [2.05, 4.69) is 30.3 Å². The van der Waals surface area contributed by atoms with Crippen molar-refractivity contribution < 1.29 is 9.32 Å². The number of amides is 1. The van der Waals surface area contributed by atoms with Gasteiger partial charge in [0, 0.05) is 31.4 Å². The molecular weight excluding hydrogens is 246 g/mol. The van der Waals surface area contributed by atoms with E-state index in [0.29, 0.717) is 31.0 Å². The van der Waals surface area contributed by atoms with E-state index < -0.39 is 0 Å². The molecule has 19 heavy (non-hydrogen) atoms. The summed E-state index contributed by atoms with van der Waals surface area (Å²) in [6, 6.07) is 3.51. The quantitative estimate of drug-likeness (QED) is 0.801. The number of nitrogens with one attached hydrogen (secondary N) is 2. The fourth-order valence-electron chi connectivity index (χ4n) is 1.54. The van der Waals surface area contributed by atoms with Gasteiger partial charge in [-0.1, -0.05) is 5.16 Å². The maximum Gasteiger partial charge on any atom is 0.269 e. The van der Waals surface area contributed by atoms with Gasteiger partial charge in [-0.05, 0) is 19.1 Å². The Morgan fingerprint density at radius 1 is 1.42 bits per heavy atom. The van der Waals surface area contributed by atoms with Crippen LogP contribution >= 0.6 is 0 Å². The van der Waals surface area contributed by atoms with E-state index in [-0.39, 0.29) is 5.91 Å². The number of carbonyl (C=O) groups is 1. The Morgan fingerprint density at radius 2 is 2.32 bits per heavy atom. The highest BCUT2D eigenvalue weighted by atomic mass is 16.5.